The van der Waals surface area contributed by atoms with Crippen molar-refractivity contribution in [3.63, 3.8) is 0 Å². The van der Waals surface area contributed by atoms with Crippen LogP contribution in [0.3, 0.4) is 0 Å². The monoisotopic (exact) mass is 468 g/mol. The predicted molar refractivity (Wildman–Crippen MR) is 122 cm³/mol. The molecule has 0 bridgehead atoms. The van der Waals surface area contributed by atoms with E-state index in [0.717, 1.165) is 53.1 Å². The van der Waals surface area contributed by atoms with E-state index in [1.54, 1.807) is 29.5 Å². The first-order valence-electron chi connectivity index (χ1n) is 9.26. The van der Waals surface area contributed by atoms with Gasteiger partial charge < -0.3 is 10.2 Å². The van der Waals surface area contributed by atoms with Crippen molar-refractivity contribution in [2.24, 2.45) is 0 Å². The average Bonchev–Trinajstić information content (AvgIpc) is 3.11. The molecule has 3 aromatic rings. The van der Waals surface area contributed by atoms with Crippen molar-refractivity contribution in [1.82, 2.24) is 15.2 Å². The number of hydrogen-bond acceptors (Lipinski definition) is 5. The molecule has 1 N–H and O–H groups in total. The van der Waals surface area contributed by atoms with Crippen molar-refractivity contribution in [2.75, 3.05) is 44.2 Å². The predicted octanol–water partition coefficient (Wildman–Crippen LogP) is 4.81. The zero-order chi connectivity index (χ0) is 20.4. The van der Waals surface area contributed by atoms with Crippen LogP contribution in [0.25, 0.3) is 10.2 Å². The molecule has 0 spiro atoms. The van der Waals surface area contributed by atoms with E-state index in [2.05, 4.69) is 15.1 Å². The van der Waals surface area contributed by atoms with Crippen LogP contribution in [0.2, 0.25) is 15.1 Å². The van der Waals surface area contributed by atoms with Crippen LogP contribution < -0.4 is 10.2 Å². The minimum Gasteiger partial charge on any atom is -0.351 e. The molecule has 29 heavy (non-hydrogen) atoms. The van der Waals surface area contributed by atoms with Crippen molar-refractivity contribution in [3.05, 3.63) is 57.0 Å². The maximum absolute atomic E-state index is 12.3. The zero-order valence-electron chi connectivity index (χ0n) is 15.5. The Kier molecular flexibility index (Phi) is 6.47. The Labute approximate surface area is 188 Å². The highest BCUT2D eigenvalue weighted by atomic mass is 35.5. The fourth-order valence-electron chi connectivity index (χ4n) is 3.28. The summed E-state index contributed by atoms with van der Waals surface area (Å²) in [5, 5.41) is 5.57. The number of nitrogens with one attached hydrogen (secondary N) is 1. The lowest BCUT2D eigenvalue weighted by Crippen LogP contribution is -2.48. The van der Waals surface area contributed by atoms with Gasteiger partial charge in [-0.15, -0.1) is 0 Å². The molecule has 0 unspecified atom stereocenters. The Bertz CT molecular complexity index is 1030. The Morgan fingerprint density at radius 3 is 2.52 bits per heavy atom. The molecule has 1 saturated heterocycles. The molecule has 0 radical (unpaired) electrons. The number of benzene rings is 2. The van der Waals surface area contributed by atoms with Crippen molar-refractivity contribution < 1.29 is 4.79 Å². The Morgan fingerprint density at radius 2 is 1.76 bits per heavy atom. The van der Waals surface area contributed by atoms with Crippen molar-refractivity contribution in [3.8, 4) is 0 Å². The number of amides is 1. The lowest BCUT2D eigenvalue weighted by Gasteiger charge is -2.34. The summed E-state index contributed by atoms with van der Waals surface area (Å²) in [6, 6.07) is 10.7. The van der Waals surface area contributed by atoms with Crippen LogP contribution in [0.4, 0.5) is 5.13 Å². The Balaban J connectivity index is 1.26. The lowest BCUT2D eigenvalue weighted by molar-refractivity contribution is 0.0948. The summed E-state index contributed by atoms with van der Waals surface area (Å²) in [6.45, 7) is 5.02. The average molecular weight is 470 g/mol. The SMILES string of the molecule is O=C(NCCN1CCN(c2nc3ccc(Cl)cc3s2)CC1)c1ccc(Cl)cc1Cl. The minimum absolute atomic E-state index is 0.182. The normalized spacial score (nSPS) is 15.1. The molecular formula is C20H19Cl3N4OS. The number of hydrogen-bond donors (Lipinski definition) is 1. The molecule has 1 fully saturated rings. The highest BCUT2D eigenvalue weighted by Crippen LogP contribution is 2.31. The molecule has 4 rings (SSSR count). The Hall–Kier alpha value is -1.57. The number of fused-ring (bicyclic) bond motifs is 1. The minimum atomic E-state index is -0.182. The van der Waals surface area contributed by atoms with Gasteiger partial charge in [-0.25, -0.2) is 4.98 Å². The van der Waals surface area contributed by atoms with E-state index in [1.165, 1.54) is 0 Å². The number of thiazole rings is 1. The molecule has 5 nitrogen and oxygen atoms in total. The molecular weight excluding hydrogens is 451 g/mol. The molecule has 9 heteroatoms. The van der Waals surface area contributed by atoms with Crippen molar-refractivity contribution in [2.45, 2.75) is 0 Å². The van der Waals surface area contributed by atoms with E-state index in [9.17, 15) is 4.79 Å². The van der Waals surface area contributed by atoms with Gasteiger partial charge in [0.05, 0.1) is 20.8 Å². The van der Waals surface area contributed by atoms with Crippen LogP contribution in [0.15, 0.2) is 36.4 Å². The van der Waals surface area contributed by atoms with Gasteiger partial charge in [-0.05, 0) is 36.4 Å². The van der Waals surface area contributed by atoms with Gasteiger partial charge in [0.15, 0.2) is 5.13 Å². The number of halogens is 3. The van der Waals surface area contributed by atoms with Crippen LogP contribution in [-0.2, 0) is 0 Å². The van der Waals surface area contributed by atoms with Gasteiger partial charge in [0.2, 0.25) is 0 Å². The summed E-state index contributed by atoms with van der Waals surface area (Å²) in [5.41, 5.74) is 1.43. The largest absolute Gasteiger partial charge is 0.351 e. The molecule has 1 aliphatic heterocycles. The van der Waals surface area contributed by atoms with E-state index >= 15 is 0 Å². The zero-order valence-corrected chi connectivity index (χ0v) is 18.6. The van der Waals surface area contributed by atoms with Gasteiger partial charge in [0.25, 0.3) is 5.91 Å². The number of nitrogens with zero attached hydrogens (tertiary/aromatic N) is 3. The van der Waals surface area contributed by atoms with Gasteiger partial charge in [-0.1, -0.05) is 46.1 Å². The second-order valence-electron chi connectivity index (χ2n) is 6.82. The molecule has 1 aromatic heterocycles. The fourth-order valence-corrected chi connectivity index (χ4v) is 5.07. The van der Waals surface area contributed by atoms with Gasteiger partial charge in [0, 0.05) is 49.3 Å². The third-order valence-electron chi connectivity index (χ3n) is 4.87. The summed E-state index contributed by atoms with van der Waals surface area (Å²) in [4.78, 5) is 21.7. The maximum Gasteiger partial charge on any atom is 0.252 e. The van der Waals surface area contributed by atoms with Crippen LogP contribution in [0, 0.1) is 0 Å². The molecule has 2 heterocycles. The number of anilines is 1. The molecule has 1 amide bonds. The van der Waals surface area contributed by atoms with Crippen molar-refractivity contribution in [1.29, 1.82) is 0 Å². The standard InChI is InChI=1S/C20H19Cl3N4OS/c21-13-1-3-15(16(23)11-13)19(28)24-5-6-26-7-9-27(10-8-26)20-25-17-4-2-14(22)12-18(17)29-20/h1-4,11-12H,5-10H2,(H,24,28). The maximum atomic E-state index is 12.3. The van der Waals surface area contributed by atoms with E-state index in [0.29, 0.717) is 22.2 Å². The highest BCUT2D eigenvalue weighted by Gasteiger charge is 2.20. The lowest BCUT2D eigenvalue weighted by atomic mass is 10.2. The Morgan fingerprint density at radius 1 is 1.03 bits per heavy atom. The third-order valence-corrected chi connectivity index (χ3v) is 6.73. The molecule has 2 aromatic carbocycles. The number of rotatable bonds is 5. The smallest absolute Gasteiger partial charge is 0.252 e. The second-order valence-corrected chi connectivity index (χ2v) is 9.11. The summed E-state index contributed by atoms with van der Waals surface area (Å²) < 4.78 is 1.11. The number of piperazine rings is 1. The first kappa shape index (κ1) is 20.7. The summed E-state index contributed by atoms with van der Waals surface area (Å²) in [7, 11) is 0. The quantitative estimate of drug-likeness (QED) is 0.583. The summed E-state index contributed by atoms with van der Waals surface area (Å²) in [6.07, 6.45) is 0. The molecule has 0 atom stereocenters. The number of carbonyl (C=O) groups excluding carboxylic acids is 1. The van der Waals surface area contributed by atoms with Gasteiger partial charge in [0.1, 0.15) is 0 Å². The molecule has 1 aliphatic rings. The third kappa shape index (κ3) is 4.95. The second kappa shape index (κ2) is 9.06. The number of carbonyl (C=O) groups is 1. The first-order chi connectivity index (χ1) is 14.0. The van der Waals surface area contributed by atoms with E-state index < -0.39 is 0 Å². The van der Waals surface area contributed by atoms with Gasteiger partial charge in [-0.2, -0.15) is 0 Å². The molecule has 0 aliphatic carbocycles. The molecule has 152 valence electrons. The van der Waals surface area contributed by atoms with E-state index in [4.69, 9.17) is 39.8 Å². The van der Waals surface area contributed by atoms with E-state index in [-0.39, 0.29) is 5.91 Å². The van der Waals surface area contributed by atoms with Crippen LogP contribution in [-0.4, -0.2) is 55.1 Å². The first-order valence-corrected chi connectivity index (χ1v) is 11.2. The van der Waals surface area contributed by atoms with Crippen LogP contribution in [0.1, 0.15) is 10.4 Å². The van der Waals surface area contributed by atoms with Gasteiger partial charge >= 0.3 is 0 Å². The summed E-state index contributed by atoms with van der Waals surface area (Å²) in [5.74, 6) is -0.182. The number of aromatic nitrogens is 1. The van der Waals surface area contributed by atoms with E-state index in [1.807, 2.05) is 18.2 Å². The van der Waals surface area contributed by atoms with Crippen molar-refractivity contribution >= 4 is 67.4 Å². The van der Waals surface area contributed by atoms with Gasteiger partial charge in [-0.3, -0.25) is 9.69 Å². The highest BCUT2D eigenvalue weighted by molar-refractivity contribution is 7.22. The summed E-state index contributed by atoms with van der Waals surface area (Å²) >= 11 is 19.7. The molecule has 0 saturated carbocycles. The van der Waals surface area contributed by atoms with Crippen LogP contribution in [0.5, 0.6) is 0 Å². The topological polar surface area (TPSA) is 48.5 Å². The fraction of sp³-hybridized carbons (Fsp3) is 0.300. The van der Waals surface area contributed by atoms with Crippen LogP contribution >= 0.6 is 46.1 Å².